The van der Waals surface area contributed by atoms with Crippen LogP contribution in [0, 0.1) is 10.1 Å². The molecule has 3 aromatic rings. The molecule has 0 bridgehead atoms. The van der Waals surface area contributed by atoms with Crippen molar-refractivity contribution in [3.8, 4) is 0 Å². The molecule has 0 saturated heterocycles. The molecule has 0 aliphatic heterocycles. The van der Waals surface area contributed by atoms with E-state index >= 15 is 0 Å². The summed E-state index contributed by atoms with van der Waals surface area (Å²) in [5.41, 5.74) is 0.893. The van der Waals surface area contributed by atoms with Crippen molar-refractivity contribution in [1.82, 2.24) is 4.98 Å². The van der Waals surface area contributed by atoms with Crippen LogP contribution in [0.3, 0.4) is 0 Å². The van der Waals surface area contributed by atoms with E-state index in [0.717, 1.165) is 21.7 Å². The number of nitrogens with zero attached hydrogens (tertiary/aromatic N) is 2. The van der Waals surface area contributed by atoms with Crippen LogP contribution in [0.15, 0.2) is 48.7 Å². The second-order valence-electron chi connectivity index (χ2n) is 3.80. The van der Waals surface area contributed by atoms with Gasteiger partial charge in [0.1, 0.15) is 0 Å². The minimum Gasteiger partial charge on any atom is -0.258 e. The van der Waals surface area contributed by atoms with Gasteiger partial charge in [-0.2, -0.15) is 0 Å². The summed E-state index contributed by atoms with van der Waals surface area (Å²) in [5.74, 6) is 0. The summed E-state index contributed by atoms with van der Waals surface area (Å²) in [6, 6.07) is 12.6. The van der Waals surface area contributed by atoms with Gasteiger partial charge in [0.2, 0.25) is 0 Å². The van der Waals surface area contributed by atoms with E-state index in [1.54, 1.807) is 18.3 Å². The van der Waals surface area contributed by atoms with Gasteiger partial charge in [0.15, 0.2) is 0 Å². The van der Waals surface area contributed by atoms with E-state index in [1.165, 1.54) is 6.07 Å². The fraction of sp³-hybridized carbons (Fsp3) is 0. The lowest BCUT2D eigenvalue weighted by atomic mass is 10.1. The van der Waals surface area contributed by atoms with Gasteiger partial charge in [-0.05, 0) is 17.5 Å². The van der Waals surface area contributed by atoms with Crippen molar-refractivity contribution in [2.24, 2.45) is 0 Å². The van der Waals surface area contributed by atoms with E-state index < -0.39 is 0 Å². The van der Waals surface area contributed by atoms with Crippen molar-refractivity contribution in [3.05, 3.63) is 58.8 Å². The summed E-state index contributed by atoms with van der Waals surface area (Å²) >= 11 is 0. The first-order chi connectivity index (χ1) is 8.25. The monoisotopic (exact) mass is 224 g/mol. The lowest BCUT2D eigenvalue weighted by Gasteiger charge is -2.02. The predicted molar refractivity (Wildman–Crippen MR) is 65.9 cm³/mol. The molecule has 0 spiro atoms. The van der Waals surface area contributed by atoms with E-state index in [-0.39, 0.29) is 10.6 Å². The molecular formula is C13H8N2O2. The average Bonchev–Trinajstić information content (AvgIpc) is 2.38. The molecule has 82 valence electrons. The van der Waals surface area contributed by atoms with Crippen molar-refractivity contribution < 1.29 is 4.92 Å². The third-order valence-electron chi connectivity index (χ3n) is 2.78. The van der Waals surface area contributed by atoms with Crippen molar-refractivity contribution in [1.29, 1.82) is 0 Å². The zero-order valence-electron chi connectivity index (χ0n) is 8.83. The standard InChI is InChI=1S/C13H8N2O2/c16-15(17)11-6-5-9-3-4-10-2-1-7-14-13(10)12(9)8-11/h1-8H. The van der Waals surface area contributed by atoms with Crippen LogP contribution in [0.2, 0.25) is 0 Å². The number of rotatable bonds is 1. The highest BCUT2D eigenvalue weighted by molar-refractivity contribution is 6.05. The van der Waals surface area contributed by atoms with Gasteiger partial charge >= 0.3 is 0 Å². The van der Waals surface area contributed by atoms with E-state index in [0.29, 0.717) is 0 Å². The Morgan fingerprint density at radius 2 is 1.82 bits per heavy atom. The number of hydrogen-bond acceptors (Lipinski definition) is 3. The number of non-ortho nitro benzene ring substituents is 1. The lowest BCUT2D eigenvalue weighted by molar-refractivity contribution is -0.384. The molecule has 3 rings (SSSR count). The summed E-state index contributed by atoms with van der Waals surface area (Å²) in [7, 11) is 0. The highest BCUT2D eigenvalue weighted by Gasteiger charge is 2.08. The van der Waals surface area contributed by atoms with Crippen molar-refractivity contribution >= 4 is 27.4 Å². The third-order valence-corrected chi connectivity index (χ3v) is 2.78. The highest BCUT2D eigenvalue weighted by Crippen LogP contribution is 2.26. The molecule has 0 N–H and O–H groups in total. The van der Waals surface area contributed by atoms with Crippen LogP contribution in [-0.2, 0) is 0 Å². The molecule has 0 aliphatic carbocycles. The van der Waals surface area contributed by atoms with Crippen molar-refractivity contribution in [2.75, 3.05) is 0 Å². The topological polar surface area (TPSA) is 56.0 Å². The van der Waals surface area contributed by atoms with Gasteiger partial charge in [-0.25, -0.2) is 0 Å². The van der Waals surface area contributed by atoms with E-state index in [2.05, 4.69) is 4.98 Å². The van der Waals surface area contributed by atoms with E-state index in [9.17, 15) is 10.1 Å². The van der Waals surface area contributed by atoms with Crippen LogP contribution in [0.5, 0.6) is 0 Å². The maximum absolute atomic E-state index is 10.8. The van der Waals surface area contributed by atoms with Gasteiger partial charge in [0.25, 0.3) is 5.69 Å². The van der Waals surface area contributed by atoms with Crippen LogP contribution >= 0.6 is 0 Å². The van der Waals surface area contributed by atoms with Gasteiger partial charge in [0, 0.05) is 29.1 Å². The summed E-state index contributed by atoms with van der Waals surface area (Å²) in [6.45, 7) is 0. The van der Waals surface area contributed by atoms with Gasteiger partial charge in [-0.1, -0.05) is 18.2 Å². The smallest absolute Gasteiger partial charge is 0.258 e. The number of nitro groups is 1. The van der Waals surface area contributed by atoms with Crippen LogP contribution < -0.4 is 0 Å². The van der Waals surface area contributed by atoms with Gasteiger partial charge in [-0.3, -0.25) is 15.1 Å². The van der Waals surface area contributed by atoms with Crippen LogP contribution in [0.1, 0.15) is 0 Å². The Balaban J connectivity index is 2.46. The van der Waals surface area contributed by atoms with Gasteiger partial charge in [-0.15, -0.1) is 0 Å². The molecular weight excluding hydrogens is 216 g/mol. The first-order valence-electron chi connectivity index (χ1n) is 5.17. The maximum atomic E-state index is 10.8. The van der Waals surface area contributed by atoms with Crippen LogP contribution in [-0.4, -0.2) is 9.91 Å². The largest absolute Gasteiger partial charge is 0.270 e. The second-order valence-corrected chi connectivity index (χ2v) is 3.80. The summed E-state index contributed by atoms with van der Waals surface area (Å²) in [4.78, 5) is 14.7. The average molecular weight is 224 g/mol. The fourth-order valence-electron chi connectivity index (χ4n) is 1.97. The number of nitro benzene ring substituents is 1. The molecule has 0 amide bonds. The minimum atomic E-state index is -0.388. The number of hydrogen-bond donors (Lipinski definition) is 0. The van der Waals surface area contributed by atoms with Crippen LogP contribution in [0.4, 0.5) is 5.69 Å². The Hall–Kier alpha value is -2.49. The van der Waals surface area contributed by atoms with Gasteiger partial charge in [0.05, 0.1) is 10.4 Å². The third kappa shape index (κ3) is 1.50. The molecule has 4 nitrogen and oxygen atoms in total. The molecule has 1 heterocycles. The Morgan fingerprint density at radius 1 is 1.06 bits per heavy atom. The minimum absolute atomic E-state index is 0.0932. The molecule has 0 aliphatic rings. The predicted octanol–water partition coefficient (Wildman–Crippen LogP) is 3.30. The molecule has 1 aromatic heterocycles. The summed E-state index contributed by atoms with van der Waals surface area (Å²) in [6.07, 6.45) is 1.70. The maximum Gasteiger partial charge on any atom is 0.270 e. The van der Waals surface area contributed by atoms with E-state index in [1.807, 2.05) is 24.3 Å². The number of benzene rings is 2. The zero-order valence-corrected chi connectivity index (χ0v) is 8.83. The van der Waals surface area contributed by atoms with Gasteiger partial charge < -0.3 is 0 Å². The second kappa shape index (κ2) is 3.52. The zero-order chi connectivity index (χ0) is 11.8. The molecule has 0 saturated carbocycles. The van der Waals surface area contributed by atoms with Crippen molar-refractivity contribution in [3.63, 3.8) is 0 Å². The fourth-order valence-corrected chi connectivity index (χ4v) is 1.97. The first-order valence-corrected chi connectivity index (χ1v) is 5.17. The Kier molecular flexibility index (Phi) is 2.01. The molecule has 0 atom stereocenters. The SMILES string of the molecule is O=[N+]([O-])c1ccc2ccc3cccnc3c2c1. The van der Waals surface area contributed by atoms with Crippen molar-refractivity contribution in [2.45, 2.75) is 0 Å². The molecule has 2 aromatic carbocycles. The molecule has 0 fully saturated rings. The lowest BCUT2D eigenvalue weighted by Crippen LogP contribution is -1.88. The first kappa shape index (κ1) is 9.72. The number of aromatic nitrogens is 1. The quantitative estimate of drug-likeness (QED) is 0.362. The molecule has 4 heteroatoms. The Morgan fingerprint density at radius 3 is 2.65 bits per heavy atom. The number of fused-ring (bicyclic) bond motifs is 3. The normalized spacial score (nSPS) is 10.8. The molecule has 0 radical (unpaired) electrons. The Labute approximate surface area is 96.7 Å². The molecule has 0 unspecified atom stereocenters. The van der Waals surface area contributed by atoms with Crippen LogP contribution in [0.25, 0.3) is 21.7 Å². The van der Waals surface area contributed by atoms with E-state index in [4.69, 9.17) is 0 Å². The molecule has 17 heavy (non-hydrogen) atoms. The summed E-state index contributed by atoms with van der Waals surface area (Å²) in [5, 5.41) is 13.5. The number of pyridine rings is 1. The highest BCUT2D eigenvalue weighted by atomic mass is 16.6. The summed E-state index contributed by atoms with van der Waals surface area (Å²) < 4.78 is 0. The Bertz CT molecular complexity index is 738.